The number of carbonyl (C=O) groups is 3. The Morgan fingerprint density at radius 1 is 1.00 bits per heavy atom. The van der Waals surface area contributed by atoms with Crippen molar-refractivity contribution in [3.05, 3.63) is 93.5 Å². The first-order chi connectivity index (χ1) is 27.8. The van der Waals surface area contributed by atoms with Gasteiger partial charge in [-0.25, -0.2) is 18.4 Å². The molecule has 1 aliphatic heterocycles. The van der Waals surface area contributed by atoms with E-state index in [4.69, 9.17) is 52.0 Å². The molecular formula is C42H54Cl2F2N4O9. The quantitative estimate of drug-likeness (QED) is 0.0903. The number of hydrogen-bond donors (Lipinski definition) is 4. The van der Waals surface area contributed by atoms with Crippen molar-refractivity contribution in [2.45, 2.75) is 84.3 Å². The molecule has 0 saturated carbocycles. The van der Waals surface area contributed by atoms with Crippen LogP contribution in [0.15, 0.2) is 60.7 Å². The summed E-state index contributed by atoms with van der Waals surface area (Å²) in [5, 5.41) is 26.5. The molecule has 3 aromatic carbocycles. The van der Waals surface area contributed by atoms with E-state index in [0.29, 0.717) is 24.6 Å². The molecule has 4 rings (SSSR count). The summed E-state index contributed by atoms with van der Waals surface area (Å²) in [5.41, 5.74) is -0.294. The third-order valence-electron chi connectivity index (χ3n) is 8.73. The summed E-state index contributed by atoms with van der Waals surface area (Å²) in [7, 11) is 4.11. The zero-order chi connectivity index (χ0) is 44.5. The van der Waals surface area contributed by atoms with Crippen LogP contribution in [-0.4, -0.2) is 81.7 Å². The Labute approximate surface area is 354 Å². The normalized spacial score (nSPS) is 17.8. The van der Waals surface area contributed by atoms with Crippen LogP contribution in [0, 0.1) is 34.3 Å². The van der Waals surface area contributed by atoms with Crippen LogP contribution >= 0.6 is 23.2 Å². The van der Waals surface area contributed by atoms with Gasteiger partial charge in [0.15, 0.2) is 0 Å². The summed E-state index contributed by atoms with van der Waals surface area (Å²) in [4.78, 5) is 38.8. The SMILES string of the molecule is CNCOC(C)(C)CCOC(=O)OC(C)OC(=O)c1ccc(NC(=O)[C@@H]2NC(CC(C)(C)C)C(C#N)C2c2cccc(Cl)c2F)c(OC)c1.CO.Fc1cccc(Cl)c1. The Balaban J connectivity index is 0.00000105. The highest BCUT2D eigenvalue weighted by molar-refractivity contribution is 6.31. The number of anilines is 1. The molecule has 4 N–H and O–H groups in total. The van der Waals surface area contributed by atoms with Gasteiger partial charge in [0.05, 0.1) is 60.4 Å². The molecule has 13 nitrogen and oxygen atoms in total. The van der Waals surface area contributed by atoms with Gasteiger partial charge < -0.3 is 39.4 Å². The number of hydrogen-bond acceptors (Lipinski definition) is 12. The molecule has 17 heteroatoms. The molecule has 5 atom stereocenters. The molecule has 1 amide bonds. The lowest BCUT2D eigenvalue weighted by atomic mass is 9.77. The zero-order valence-electron chi connectivity index (χ0n) is 34.7. The molecule has 1 saturated heterocycles. The molecule has 3 aromatic rings. The monoisotopic (exact) mass is 866 g/mol. The minimum absolute atomic E-state index is 0.0279. The van der Waals surface area contributed by atoms with Crippen molar-refractivity contribution in [2.75, 3.05) is 39.9 Å². The predicted molar refractivity (Wildman–Crippen MR) is 220 cm³/mol. The second kappa shape index (κ2) is 23.9. The number of ether oxygens (including phenoxy) is 5. The summed E-state index contributed by atoms with van der Waals surface area (Å²) in [5.74, 6) is -3.78. The lowest BCUT2D eigenvalue weighted by Gasteiger charge is -2.25. The molecule has 1 aliphatic rings. The van der Waals surface area contributed by atoms with Crippen LogP contribution in [0.1, 0.15) is 76.2 Å². The number of nitrogens with zero attached hydrogens (tertiary/aromatic N) is 1. The average Bonchev–Trinajstić information content (AvgIpc) is 3.52. The van der Waals surface area contributed by atoms with Crippen molar-refractivity contribution in [3.8, 4) is 11.8 Å². The standard InChI is InChI=1S/C35H46ClFN4O8.C6H4ClF.CH4O/c1-20(49-33(44)46-15-14-35(5,6)47-19-39-7)48-32(43)21-12-13-25(27(16-21)45-8)41-31(42)30-28(22-10-9-11-24(36)29(22)37)23(18-38)26(40-30)17-34(2,3)4;7-5-2-1-3-6(8)4-5;1-2/h9-13,16,20,23,26,28,30,39-40H,14-15,17,19H2,1-8H3,(H,41,42);1-4H;2H,1H3/t20?,23?,26?,28?,30-;;/m1../s1. The summed E-state index contributed by atoms with van der Waals surface area (Å²) < 4.78 is 53.8. The van der Waals surface area contributed by atoms with Crippen LogP contribution in [0.3, 0.4) is 0 Å². The molecular weight excluding hydrogens is 813 g/mol. The number of methoxy groups -OCH3 is 1. The smallest absolute Gasteiger partial charge is 0.495 e. The van der Waals surface area contributed by atoms with E-state index in [1.54, 1.807) is 25.2 Å². The molecule has 0 radical (unpaired) electrons. The molecule has 0 aliphatic carbocycles. The highest BCUT2D eigenvalue weighted by Crippen LogP contribution is 2.42. The van der Waals surface area contributed by atoms with Gasteiger partial charge in [-0.05, 0) is 80.8 Å². The summed E-state index contributed by atoms with van der Waals surface area (Å²) >= 11 is 11.5. The van der Waals surface area contributed by atoms with Gasteiger partial charge in [0.1, 0.15) is 17.4 Å². The lowest BCUT2D eigenvalue weighted by molar-refractivity contribution is -0.118. The number of esters is 1. The van der Waals surface area contributed by atoms with Gasteiger partial charge in [-0.15, -0.1) is 0 Å². The van der Waals surface area contributed by atoms with Gasteiger partial charge in [-0.3, -0.25) is 10.1 Å². The van der Waals surface area contributed by atoms with Crippen molar-refractivity contribution in [3.63, 3.8) is 0 Å². The maximum absolute atomic E-state index is 15.3. The number of amides is 1. The van der Waals surface area contributed by atoms with Gasteiger partial charge in [0.2, 0.25) is 12.2 Å². The van der Waals surface area contributed by atoms with Crippen molar-refractivity contribution >= 4 is 46.9 Å². The Morgan fingerprint density at radius 3 is 2.25 bits per heavy atom. The lowest BCUT2D eigenvalue weighted by Crippen LogP contribution is -2.42. The number of benzene rings is 3. The third kappa shape index (κ3) is 16.2. The maximum Gasteiger partial charge on any atom is 0.511 e. The predicted octanol–water partition coefficient (Wildman–Crippen LogP) is 8.23. The van der Waals surface area contributed by atoms with E-state index in [1.165, 1.54) is 56.5 Å². The van der Waals surface area contributed by atoms with E-state index >= 15 is 4.39 Å². The molecule has 0 spiro atoms. The highest BCUT2D eigenvalue weighted by Gasteiger charge is 2.49. The second-order valence-electron chi connectivity index (χ2n) is 15.0. The number of nitriles is 1. The fourth-order valence-corrected chi connectivity index (χ4v) is 6.38. The highest BCUT2D eigenvalue weighted by atomic mass is 35.5. The fraction of sp³-hybridized carbons (Fsp3) is 0.476. The molecule has 59 heavy (non-hydrogen) atoms. The topological polar surface area (TPSA) is 177 Å². The molecule has 324 valence electrons. The van der Waals surface area contributed by atoms with Crippen LogP contribution in [0.4, 0.5) is 19.3 Å². The van der Waals surface area contributed by atoms with E-state index in [-0.39, 0.29) is 45.4 Å². The molecule has 0 bridgehead atoms. The average molecular weight is 868 g/mol. The Bertz CT molecular complexity index is 1870. The number of halogens is 4. The Morgan fingerprint density at radius 2 is 1.68 bits per heavy atom. The first-order valence-corrected chi connectivity index (χ1v) is 19.3. The number of carbonyl (C=O) groups excluding carboxylic acids is 3. The number of aliphatic hydroxyl groups is 1. The fourth-order valence-electron chi connectivity index (χ4n) is 6.03. The first-order valence-electron chi connectivity index (χ1n) is 18.6. The maximum atomic E-state index is 15.3. The van der Waals surface area contributed by atoms with Crippen molar-refractivity contribution in [1.29, 1.82) is 5.26 Å². The van der Waals surface area contributed by atoms with E-state index in [0.717, 1.165) is 7.11 Å². The van der Waals surface area contributed by atoms with Crippen LogP contribution in [0.2, 0.25) is 10.0 Å². The van der Waals surface area contributed by atoms with Crippen LogP contribution in [-0.2, 0) is 23.7 Å². The van der Waals surface area contributed by atoms with Crippen molar-refractivity contribution in [1.82, 2.24) is 10.6 Å². The van der Waals surface area contributed by atoms with Gasteiger partial charge in [-0.2, -0.15) is 5.26 Å². The van der Waals surface area contributed by atoms with Gasteiger partial charge in [0, 0.05) is 37.4 Å². The molecule has 4 unspecified atom stereocenters. The van der Waals surface area contributed by atoms with Crippen LogP contribution in [0.25, 0.3) is 0 Å². The van der Waals surface area contributed by atoms with Crippen LogP contribution in [0.5, 0.6) is 5.75 Å². The Hall–Kier alpha value is -4.56. The number of aliphatic hydroxyl groups excluding tert-OH is 1. The summed E-state index contributed by atoms with van der Waals surface area (Å²) in [6.07, 6.45) is -1.32. The van der Waals surface area contributed by atoms with E-state index in [1.807, 2.05) is 34.6 Å². The molecule has 1 fully saturated rings. The van der Waals surface area contributed by atoms with E-state index in [9.17, 15) is 24.0 Å². The zero-order valence-corrected chi connectivity index (χ0v) is 36.2. The molecule has 0 aromatic heterocycles. The third-order valence-corrected chi connectivity index (χ3v) is 9.25. The summed E-state index contributed by atoms with van der Waals surface area (Å²) in [6.45, 7) is 11.5. The first kappa shape index (κ1) is 50.6. The van der Waals surface area contributed by atoms with Gasteiger partial charge in [-0.1, -0.05) is 62.2 Å². The van der Waals surface area contributed by atoms with Crippen molar-refractivity contribution in [2.24, 2.45) is 11.3 Å². The number of nitrogens with one attached hydrogen (secondary N) is 3. The van der Waals surface area contributed by atoms with E-state index < -0.39 is 59.7 Å². The second-order valence-corrected chi connectivity index (χ2v) is 15.9. The van der Waals surface area contributed by atoms with Crippen LogP contribution < -0.4 is 20.7 Å². The van der Waals surface area contributed by atoms with Gasteiger partial charge >= 0.3 is 12.1 Å². The molecule has 1 heterocycles. The summed E-state index contributed by atoms with van der Waals surface area (Å²) in [6, 6.07) is 15.4. The Kier molecular flexibility index (Phi) is 20.5. The van der Waals surface area contributed by atoms with Gasteiger partial charge in [0.25, 0.3) is 0 Å². The minimum atomic E-state index is -1.27. The number of rotatable bonds is 14. The largest absolute Gasteiger partial charge is 0.511 e. The van der Waals surface area contributed by atoms with Crippen molar-refractivity contribution < 1.29 is 52.0 Å². The minimum Gasteiger partial charge on any atom is -0.495 e. The van der Waals surface area contributed by atoms with E-state index in [2.05, 4.69) is 22.0 Å².